The molecule has 0 aliphatic carbocycles. The molecule has 0 spiro atoms. The predicted molar refractivity (Wildman–Crippen MR) is 124 cm³/mol. The Bertz CT molecular complexity index is 1370. The predicted octanol–water partition coefficient (Wildman–Crippen LogP) is 2.41. The first-order valence-corrected chi connectivity index (χ1v) is 10.4. The van der Waals surface area contributed by atoms with E-state index in [-0.39, 0.29) is 18.0 Å². The number of hydrogen-bond acceptors (Lipinski definition) is 7. The maximum absolute atomic E-state index is 12.7. The lowest BCUT2D eigenvalue weighted by molar-refractivity contribution is -0.152. The van der Waals surface area contributed by atoms with Crippen LogP contribution >= 0.6 is 0 Å². The number of anilines is 1. The van der Waals surface area contributed by atoms with Crippen molar-refractivity contribution < 1.29 is 18.7 Å². The third-order valence-corrected chi connectivity index (χ3v) is 5.30. The lowest BCUT2D eigenvalue weighted by Gasteiger charge is -2.18. The van der Waals surface area contributed by atoms with Gasteiger partial charge in [-0.2, -0.15) is 0 Å². The number of benzene rings is 2. The molecule has 9 heteroatoms. The van der Waals surface area contributed by atoms with Crippen molar-refractivity contribution in [3.63, 3.8) is 0 Å². The van der Waals surface area contributed by atoms with Crippen LogP contribution < -0.4 is 10.5 Å². The normalized spacial score (nSPS) is 11.0. The summed E-state index contributed by atoms with van der Waals surface area (Å²) in [6.07, 6.45) is 1.28. The summed E-state index contributed by atoms with van der Waals surface area (Å²) in [6.45, 7) is -0.405. The minimum Gasteiger partial charge on any atom is -0.454 e. The van der Waals surface area contributed by atoms with Crippen LogP contribution in [-0.2, 0) is 27.4 Å². The van der Waals surface area contributed by atoms with Crippen LogP contribution in [0.2, 0.25) is 0 Å². The van der Waals surface area contributed by atoms with E-state index in [0.717, 1.165) is 21.2 Å². The Morgan fingerprint density at radius 3 is 2.52 bits per heavy atom. The fourth-order valence-corrected chi connectivity index (χ4v) is 3.43. The van der Waals surface area contributed by atoms with E-state index >= 15 is 0 Å². The van der Waals surface area contributed by atoms with Gasteiger partial charge in [0.15, 0.2) is 6.61 Å². The fraction of sp³-hybridized carbons (Fsp3) is 0.250. The van der Waals surface area contributed by atoms with Gasteiger partial charge in [0.25, 0.3) is 11.5 Å². The molecule has 9 nitrogen and oxygen atoms in total. The van der Waals surface area contributed by atoms with Gasteiger partial charge in [-0.3, -0.25) is 19.0 Å². The van der Waals surface area contributed by atoms with Crippen LogP contribution in [0.25, 0.3) is 22.1 Å². The van der Waals surface area contributed by atoms with Crippen LogP contribution in [0.3, 0.4) is 0 Å². The summed E-state index contributed by atoms with van der Waals surface area (Å²) in [5, 5.41) is 0.726. The number of furan rings is 1. The van der Waals surface area contributed by atoms with Gasteiger partial charge in [-0.1, -0.05) is 24.3 Å². The van der Waals surface area contributed by atoms with E-state index in [1.807, 2.05) is 55.4 Å². The molecule has 2 aromatic heterocycles. The van der Waals surface area contributed by atoms with E-state index in [1.54, 1.807) is 19.2 Å². The van der Waals surface area contributed by atoms with E-state index in [9.17, 15) is 14.4 Å². The van der Waals surface area contributed by atoms with Gasteiger partial charge in [0.1, 0.15) is 17.6 Å². The Labute approximate surface area is 189 Å². The first-order chi connectivity index (χ1) is 15.8. The van der Waals surface area contributed by atoms with Crippen LogP contribution in [0, 0.1) is 0 Å². The lowest BCUT2D eigenvalue weighted by Crippen LogP contribution is -2.32. The lowest BCUT2D eigenvalue weighted by atomic mass is 10.2. The number of amides is 1. The summed E-state index contributed by atoms with van der Waals surface area (Å²) in [6, 6.07) is 15.0. The number of nitrogens with zero attached hydrogens (tertiary/aromatic N) is 4. The maximum Gasteiger partial charge on any atom is 0.326 e. The van der Waals surface area contributed by atoms with Crippen molar-refractivity contribution in [1.29, 1.82) is 0 Å². The summed E-state index contributed by atoms with van der Waals surface area (Å²) in [7, 11) is 5.55. The summed E-state index contributed by atoms with van der Waals surface area (Å²) in [4.78, 5) is 45.0. The van der Waals surface area contributed by atoms with Crippen molar-refractivity contribution in [3.05, 3.63) is 70.8 Å². The van der Waals surface area contributed by atoms with Crippen molar-refractivity contribution in [2.75, 3.05) is 32.6 Å². The van der Waals surface area contributed by atoms with Gasteiger partial charge in [-0.25, -0.2) is 4.98 Å². The molecule has 0 aliphatic rings. The standard InChI is InChI=1S/C24H24N4O5/c1-26(2)17-10-8-16(9-11-17)12-27(3)20(29)14-32-21(30)13-28-15-25-22-18-6-4-5-7-19(18)33-23(22)24(28)31/h4-11,15H,12-14H2,1-3H3. The first kappa shape index (κ1) is 22.1. The minimum atomic E-state index is -0.716. The highest BCUT2D eigenvalue weighted by Crippen LogP contribution is 2.24. The Balaban J connectivity index is 1.35. The second-order valence-electron chi connectivity index (χ2n) is 7.92. The average Bonchev–Trinajstić information content (AvgIpc) is 3.19. The summed E-state index contributed by atoms with van der Waals surface area (Å²) < 4.78 is 11.8. The second kappa shape index (κ2) is 9.15. The van der Waals surface area contributed by atoms with Crippen molar-refractivity contribution >= 4 is 39.6 Å². The second-order valence-corrected chi connectivity index (χ2v) is 7.92. The molecule has 2 heterocycles. The number of rotatable bonds is 7. The molecule has 0 atom stereocenters. The number of para-hydroxylation sites is 1. The van der Waals surface area contributed by atoms with E-state index in [2.05, 4.69) is 4.98 Å². The number of ether oxygens (including phenoxy) is 1. The van der Waals surface area contributed by atoms with Crippen molar-refractivity contribution in [2.24, 2.45) is 0 Å². The van der Waals surface area contributed by atoms with Crippen molar-refractivity contribution in [2.45, 2.75) is 13.1 Å². The number of carbonyl (C=O) groups excluding carboxylic acids is 2. The maximum atomic E-state index is 12.7. The molecule has 170 valence electrons. The van der Waals surface area contributed by atoms with Crippen LogP contribution in [0.5, 0.6) is 0 Å². The van der Waals surface area contributed by atoms with E-state index in [0.29, 0.717) is 17.6 Å². The number of hydrogen-bond donors (Lipinski definition) is 0. The van der Waals surface area contributed by atoms with Gasteiger partial charge < -0.3 is 19.0 Å². The van der Waals surface area contributed by atoms with Gasteiger partial charge in [0.2, 0.25) is 5.58 Å². The Hall–Kier alpha value is -4.14. The highest BCUT2D eigenvalue weighted by atomic mass is 16.5. The van der Waals surface area contributed by atoms with Gasteiger partial charge in [-0.05, 0) is 29.8 Å². The summed E-state index contributed by atoms with van der Waals surface area (Å²) in [5.74, 6) is -1.07. The summed E-state index contributed by atoms with van der Waals surface area (Å²) in [5.41, 5.74) is 2.59. The molecule has 0 saturated heterocycles. The Kier molecular flexibility index (Phi) is 6.12. The van der Waals surface area contributed by atoms with Gasteiger partial charge >= 0.3 is 5.97 Å². The number of aromatic nitrogens is 2. The zero-order valence-electron chi connectivity index (χ0n) is 18.6. The van der Waals surface area contributed by atoms with Gasteiger partial charge in [0, 0.05) is 38.8 Å². The van der Waals surface area contributed by atoms with Crippen molar-refractivity contribution in [1.82, 2.24) is 14.5 Å². The van der Waals surface area contributed by atoms with Gasteiger partial charge in [0.05, 0.1) is 6.33 Å². The fourth-order valence-electron chi connectivity index (χ4n) is 3.43. The van der Waals surface area contributed by atoms with Crippen LogP contribution in [0.4, 0.5) is 5.69 Å². The molecule has 33 heavy (non-hydrogen) atoms. The zero-order valence-corrected chi connectivity index (χ0v) is 18.6. The third kappa shape index (κ3) is 4.72. The molecule has 4 rings (SSSR count). The highest BCUT2D eigenvalue weighted by molar-refractivity contribution is 6.01. The largest absolute Gasteiger partial charge is 0.454 e. The van der Waals surface area contributed by atoms with E-state index in [4.69, 9.17) is 9.15 Å². The monoisotopic (exact) mass is 448 g/mol. The molecule has 0 bridgehead atoms. The smallest absolute Gasteiger partial charge is 0.326 e. The third-order valence-electron chi connectivity index (χ3n) is 5.30. The number of likely N-dealkylation sites (N-methyl/N-ethyl adjacent to an activating group) is 1. The molecule has 0 N–H and O–H groups in total. The molecule has 1 amide bonds. The minimum absolute atomic E-state index is 0.0718. The molecular formula is C24H24N4O5. The first-order valence-electron chi connectivity index (χ1n) is 10.4. The Morgan fingerprint density at radius 2 is 1.79 bits per heavy atom. The van der Waals surface area contributed by atoms with E-state index in [1.165, 1.54) is 11.2 Å². The highest BCUT2D eigenvalue weighted by Gasteiger charge is 2.17. The molecule has 0 aliphatic heterocycles. The Morgan fingerprint density at radius 1 is 1.06 bits per heavy atom. The van der Waals surface area contributed by atoms with Gasteiger partial charge in [-0.15, -0.1) is 0 Å². The molecule has 0 radical (unpaired) electrons. The van der Waals surface area contributed by atoms with Crippen molar-refractivity contribution in [3.8, 4) is 0 Å². The number of carbonyl (C=O) groups is 2. The average molecular weight is 448 g/mol. The number of fused-ring (bicyclic) bond motifs is 3. The quantitative estimate of drug-likeness (QED) is 0.401. The molecule has 2 aromatic carbocycles. The van der Waals surface area contributed by atoms with Crippen LogP contribution in [0.1, 0.15) is 5.56 Å². The van der Waals surface area contributed by atoms with E-state index < -0.39 is 18.1 Å². The van der Waals surface area contributed by atoms with Crippen LogP contribution in [-0.4, -0.2) is 54.1 Å². The summed E-state index contributed by atoms with van der Waals surface area (Å²) >= 11 is 0. The molecule has 0 saturated carbocycles. The SMILES string of the molecule is CN(Cc1ccc(N(C)C)cc1)C(=O)COC(=O)Cn1cnc2c(oc3ccccc32)c1=O. The molecule has 0 unspecified atom stereocenters. The topological polar surface area (TPSA) is 97.9 Å². The number of esters is 1. The van der Waals surface area contributed by atoms with Crippen LogP contribution in [0.15, 0.2) is 64.1 Å². The molecular weight excluding hydrogens is 424 g/mol. The molecule has 0 fully saturated rings. The zero-order chi connectivity index (χ0) is 23.5. The molecule has 4 aromatic rings.